The fraction of sp³-hybridized carbons (Fsp3) is 0.562. The van der Waals surface area contributed by atoms with E-state index in [0.717, 1.165) is 37.2 Å². The van der Waals surface area contributed by atoms with E-state index in [2.05, 4.69) is 13.0 Å². The Morgan fingerprint density at radius 1 is 1.39 bits per heavy atom. The number of benzene rings is 1. The Labute approximate surface area is 109 Å². The van der Waals surface area contributed by atoms with Gasteiger partial charge in [-0.3, -0.25) is 0 Å². The molecule has 1 saturated carbocycles. The summed E-state index contributed by atoms with van der Waals surface area (Å²) in [5.74, 6) is 0.571. The van der Waals surface area contributed by atoms with Gasteiger partial charge in [0.1, 0.15) is 5.82 Å². The third kappa shape index (κ3) is 2.90. The monoisotopic (exact) mass is 245 g/mol. The Morgan fingerprint density at radius 3 is 2.67 bits per heavy atom. The number of hydrogen-bond acceptors (Lipinski definition) is 1. The Hall–Kier alpha value is -1.36. The molecule has 0 aromatic heterocycles. The average Bonchev–Trinajstić information content (AvgIpc) is 2.39. The van der Waals surface area contributed by atoms with Crippen LogP contribution < -0.4 is 0 Å². The van der Waals surface area contributed by atoms with E-state index in [1.54, 1.807) is 12.1 Å². The van der Waals surface area contributed by atoms with E-state index in [-0.39, 0.29) is 11.2 Å². The standard InChI is InChI=1S/C16H20FN/c1-2-13-6-8-16(12-18,9-7-13)11-14-4-3-5-15(17)10-14/h3-5,10,13H,2,6-9,11H2,1H3. The molecule has 0 aliphatic heterocycles. The van der Waals surface area contributed by atoms with Crippen LogP contribution in [0.15, 0.2) is 24.3 Å². The molecule has 1 aliphatic rings. The molecule has 1 nitrogen and oxygen atoms in total. The van der Waals surface area contributed by atoms with E-state index in [1.165, 1.54) is 12.5 Å². The smallest absolute Gasteiger partial charge is 0.123 e. The molecule has 0 amide bonds. The molecule has 2 heteroatoms. The van der Waals surface area contributed by atoms with E-state index in [0.29, 0.717) is 6.42 Å². The number of nitriles is 1. The van der Waals surface area contributed by atoms with Gasteiger partial charge >= 0.3 is 0 Å². The number of hydrogen-bond donors (Lipinski definition) is 0. The van der Waals surface area contributed by atoms with E-state index < -0.39 is 0 Å². The summed E-state index contributed by atoms with van der Waals surface area (Å²) in [6, 6.07) is 9.18. The first-order chi connectivity index (χ1) is 8.67. The minimum absolute atomic E-state index is 0.206. The van der Waals surface area contributed by atoms with Crippen molar-refractivity contribution in [3.63, 3.8) is 0 Å². The molecule has 0 heterocycles. The zero-order valence-electron chi connectivity index (χ0n) is 11.0. The number of rotatable bonds is 3. The summed E-state index contributed by atoms with van der Waals surface area (Å²) in [6.07, 6.45) is 6.09. The quantitative estimate of drug-likeness (QED) is 0.770. The van der Waals surface area contributed by atoms with Gasteiger partial charge in [0.25, 0.3) is 0 Å². The Balaban J connectivity index is 2.08. The number of nitrogens with zero attached hydrogens (tertiary/aromatic N) is 1. The van der Waals surface area contributed by atoms with Gasteiger partial charge < -0.3 is 0 Å². The van der Waals surface area contributed by atoms with Crippen LogP contribution in [0, 0.1) is 28.5 Å². The summed E-state index contributed by atoms with van der Waals surface area (Å²) in [5.41, 5.74) is 0.686. The Kier molecular flexibility index (Phi) is 4.01. The van der Waals surface area contributed by atoms with Gasteiger partial charge in [-0.15, -0.1) is 0 Å². The van der Waals surface area contributed by atoms with Crippen molar-refractivity contribution >= 4 is 0 Å². The molecule has 18 heavy (non-hydrogen) atoms. The fourth-order valence-corrected chi connectivity index (χ4v) is 3.00. The molecular weight excluding hydrogens is 225 g/mol. The van der Waals surface area contributed by atoms with Gasteiger partial charge in [-0.05, 0) is 55.7 Å². The van der Waals surface area contributed by atoms with Crippen LogP contribution in [-0.4, -0.2) is 0 Å². The van der Waals surface area contributed by atoms with Crippen LogP contribution >= 0.6 is 0 Å². The van der Waals surface area contributed by atoms with Crippen LogP contribution in [0.4, 0.5) is 4.39 Å². The van der Waals surface area contributed by atoms with Crippen molar-refractivity contribution in [3.05, 3.63) is 35.6 Å². The van der Waals surface area contributed by atoms with Gasteiger partial charge in [-0.2, -0.15) is 5.26 Å². The molecule has 0 unspecified atom stereocenters. The highest BCUT2D eigenvalue weighted by Gasteiger charge is 2.35. The predicted octanol–water partition coefficient (Wildman–Crippen LogP) is 4.48. The highest BCUT2D eigenvalue weighted by molar-refractivity contribution is 5.20. The van der Waals surface area contributed by atoms with Gasteiger partial charge in [0.05, 0.1) is 11.5 Å². The second kappa shape index (κ2) is 5.52. The summed E-state index contributed by atoms with van der Waals surface area (Å²) >= 11 is 0. The second-order valence-electron chi connectivity index (χ2n) is 5.55. The molecule has 0 bridgehead atoms. The fourth-order valence-electron chi connectivity index (χ4n) is 3.00. The van der Waals surface area contributed by atoms with Crippen molar-refractivity contribution in [1.82, 2.24) is 0 Å². The third-order valence-corrected chi connectivity index (χ3v) is 4.31. The van der Waals surface area contributed by atoms with Crippen molar-refractivity contribution in [3.8, 4) is 6.07 Å². The van der Waals surface area contributed by atoms with E-state index in [9.17, 15) is 9.65 Å². The largest absolute Gasteiger partial charge is 0.207 e. The van der Waals surface area contributed by atoms with Gasteiger partial charge in [0, 0.05) is 0 Å². The highest BCUT2D eigenvalue weighted by Crippen LogP contribution is 2.41. The predicted molar refractivity (Wildman–Crippen MR) is 70.4 cm³/mol. The van der Waals surface area contributed by atoms with Crippen molar-refractivity contribution in [2.45, 2.75) is 45.4 Å². The molecule has 1 aliphatic carbocycles. The van der Waals surface area contributed by atoms with E-state index >= 15 is 0 Å². The molecule has 1 aromatic carbocycles. The lowest BCUT2D eigenvalue weighted by Gasteiger charge is -2.34. The van der Waals surface area contributed by atoms with E-state index in [4.69, 9.17) is 0 Å². The molecular formula is C16H20FN. The van der Waals surface area contributed by atoms with Crippen molar-refractivity contribution in [1.29, 1.82) is 5.26 Å². The Bertz CT molecular complexity index is 439. The minimum atomic E-state index is -0.264. The second-order valence-corrected chi connectivity index (χ2v) is 5.55. The van der Waals surface area contributed by atoms with Crippen LogP contribution in [0.25, 0.3) is 0 Å². The summed E-state index contributed by atoms with van der Waals surface area (Å²) in [7, 11) is 0. The summed E-state index contributed by atoms with van der Waals surface area (Å²) < 4.78 is 13.2. The van der Waals surface area contributed by atoms with Crippen LogP contribution in [-0.2, 0) is 6.42 Å². The van der Waals surface area contributed by atoms with E-state index in [1.807, 2.05) is 6.07 Å². The SMILES string of the molecule is CCC1CCC(C#N)(Cc2cccc(F)c2)CC1. The molecule has 2 rings (SSSR count). The Morgan fingerprint density at radius 2 is 2.11 bits per heavy atom. The topological polar surface area (TPSA) is 23.8 Å². The number of halogens is 1. The van der Waals surface area contributed by atoms with Crippen LogP contribution in [0.5, 0.6) is 0 Å². The lowest BCUT2D eigenvalue weighted by molar-refractivity contribution is 0.205. The molecule has 0 N–H and O–H groups in total. The highest BCUT2D eigenvalue weighted by atomic mass is 19.1. The zero-order chi connectivity index (χ0) is 13.0. The molecule has 0 saturated heterocycles. The maximum atomic E-state index is 13.2. The maximum Gasteiger partial charge on any atom is 0.123 e. The molecule has 0 atom stereocenters. The van der Waals surface area contributed by atoms with Gasteiger partial charge in [0.2, 0.25) is 0 Å². The molecule has 1 fully saturated rings. The molecule has 1 aromatic rings. The van der Waals surface area contributed by atoms with Crippen molar-refractivity contribution in [2.24, 2.45) is 11.3 Å². The normalized spacial score (nSPS) is 27.7. The lowest BCUT2D eigenvalue weighted by atomic mass is 9.68. The lowest BCUT2D eigenvalue weighted by Crippen LogP contribution is -2.28. The summed E-state index contributed by atoms with van der Waals surface area (Å²) in [4.78, 5) is 0. The zero-order valence-corrected chi connectivity index (χ0v) is 11.0. The van der Waals surface area contributed by atoms with Crippen LogP contribution in [0.3, 0.4) is 0 Å². The molecule has 0 spiro atoms. The summed E-state index contributed by atoms with van der Waals surface area (Å²) in [6.45, 7) is 2.22. The van der Waals surface area contributed by atoms with Gasteiger partial charge in [-0.25, -0.2) is 4.39 Å². The first-order valence-corrected chi connectivity index (χ1v) is 6.83. The van der Waals surface area contributed by atoms with Crippen LogP contribution in [0.2, 0.25) is 0 Å². The van der Waals surface area contributed by atoms with Crippen molar-refractivity contribution < 1.29 is 4.39 Å². The van der Waals surface area contributed by atoms with Crippen LogP contribution in [0.1, 0.15) is 44.6 Å². The molecule has 96 valence electrons. The van der Waals surface area contributed by atoms with Crippen molar-refractivity contribution in [2.75, 3.05) is 0 Å². The first kappa shape index (κ1) is 13.1. The first-order valence-electron chi connectivity index (χ1n) is 6.83. The minimum Gasteiger partial charge on any atom is -0.207 e. The maximum absolute atomic E-state index is 13.2. The average molecular weight is 245 g/mol. The molecule has 0 radical (unpaired) electrons. The van der Waals surface area contributed by atoms with Gasteiger partial charge in [-0.1, -0.05) is 25.5 Å². The summed E-state index contributed by atoms with van der Waals surface area (Å²) in [5, 5.41) is 9.49. The third-order valence-electron chi connectivity index (χ3n) is 4.31. The van der Waals surface area contributed by atoms with Gasteiger partial charge in [0.15, 0.2) is 0 Å².